The van der Waals surface area contributed by atoms with Gasteiger partial charge in [-0.05, 0) is 48.5 Å². The van der Waals surface area contributed by atoms with E-state index in [1.54, 1.807) is 48.0 Å². The van der Waals surface area contributed by atoms with Gasteiger partial charge < -0.3 is 9.47 Å². The Morgan fingerprint density at radius 1 is 1.00 bits per heavy atom. The van der Waals surface area contributed by atoms with Gasteiger partial charge in [-0.3, -0.25) is 10.1 Å². The van der Waals surface area contributed by atoms with Crippen molar-refractivity contribution in [2.75, 3.05) is 11.9 Å². The Morgan fingerprint density at radius 3 is 2.55 bits per heavy atom. The molecule has 0 fully saturated rings. The maximum absolute atomic E-state index is 13.4. The van der Waals surface area contributed by atoms with E-state index >= 15 is 0 Å². The third-order valence-electron chi connectivity index (χ3n) is 4.02. The fraction of sp³-hybridized carbons (Fsp3) is 0.0455. The lowest BCUT2D eigenvalue weighted by atomic mass is 10.2. The van der Waals surface area contributed by atoms with Crippen LogP contribution >= 0.6 is 11.3 Å². The number of pyridine rings is 1. The molecule has 0 unspecified atom stereocenters. The molecule has 4 aromatic rings. The Labute approximate surface area is 180 Å². The van der Waals surface area contributed by atoms with Gasteiger partial charge in [0.25, 0.3) is 5.91 Å². The van der Waals surface area contributed by atoms with Gasteiger partial charge in [-0.1, -0.05) is 6.07 Å². The van der Waals surface area contributed by atoms with E-state index in [2.05, 4.69) is 15.3 Å². The summed E-state index contributed by atoms with van der Waals surface area (Å²) in [5.74, 6) is -0.739. The molecule has 0 spiro atoms. The fourth-order valence-corrected chi connectivity index (χ4v) is 3.29. The van der Waals surface area contributed by atoms with Crippen LogP contribution in [0.1, 0.15) is 0 Å². The van der Waals surface area contributed by atoms with E-state index in [1.807, 2.05) is 6.07 Å². The molecule has 2 heterocycles. The molecule has 1 N–H and O–H groups in total. The number of nitrogens with zero attached hydrogens (tertiary/aromatic N) is 2. The zero-order chi connectivity index (χ0) is 21.6. The third-order valence-corrected chi connectivity index (χ3v) is 4.78. The zero-order valence-electron chi connectivity index (χ0n) is 15.9. The highest BCUT2D eigenvalue weighted by Crippen LogP contribution is 2.26. The number of anilines is 1. The normalized spacial score (nSPS) is 10.5. The molecule has 31 heavy (non-hydrogen) atoms. The lowest BCUT2D eigenvalue weighted by Crippen LogP contribution is -2.20. The van der Waals surface area contributed by atoms with E-state index in [-0.39, 0.29) is 6.61 Å². The minimum atomic E-state index is -0.957. The van der Waals surface area contributed by atoms with Gasteiger partial charge in [0, 0.05) is 23.2 Å². The molecule has 156 valence electrons. The first-order chi connectivity index (χ1) is 15.1. The fourth-order valence-electron chi connectivity index (χ4n) is 2.56. The molecule has 0 bridgehead atoms. The van der Waals surface area contributed by atoms with E-state index in [0.717, 1.165) is 12.1 Å². The molecule has 0 saturated heterocycles. The number of ether oxygens (including phenoxy) is 2. The second-order valence-electron chi connectivity index (χ2n) is 6.25. The first-order valence-corrected chi connectivity index (χ1v) is 9.97. The van der Waals surface area contributed by atoms with Crippen LogP contribution in [0.2, 0.25) is 0 Å². The number of aromatic nitrogens is 2. The summed E-state index contributed by atoms with van der Waals surface area (Å²) in [6.45, 7) is -0.222. The highest BCUT2D eigenvalue weighted by atomic mass is 32.1. The summed E-state index contributed by atoms with van der Waals surface area (Å²) in [6, 6.07) is 15.6. The molecule has 0 aliphatic heterocycles. The SMILES string of the molecule is O=C(COc1ccc(Oc2ccccn2)cc1)Nc1nc(-c2ccc(F)c(F)c2)cs1. The summed E-state index contributed by atoms with van der Waals surface area (Å²) in [6.07, 6.45) is 1.63. The van der Waals surface area contributed by atoms with Gasteiger partial charge in [0.1, 0.15) is 11.5 Å². The van der Waals surface area contributed by atoms with Crippen molar-refractivity contribution in [2.45, 2.75) is 0 Å². The van der Waals surface area contributed by atoms with Gasteiger partial charge in [-0.25, -0.2) is 18.7 Å². The molecule has 2 aromatic carbocycles. The maximum Gasteiger partial charge on any atom is 0.264 e. The van der Waals surface area contributed by atoms with Gasteiger partial charge in [0.2, 0.25) is 5.88 Å². The van der Waals surface area contributed by atoms with Crippen LogP contribution in [0.3, 0.4) is 0 Å². The molecule has 4 rings (SSSR count). The minimum Gasteiger partial charge on any atom is -0.484 e. The van der Waals surface area contributed by atoms with Crippen molar-refractivity contribution in [3.63, 3.8) is 0 Å². The lowest BCUT2D eigenvalue weighted by molar-refractivity contribution is -0.118. The predicted octanol–water partition coefficient (Wildman–Crippen LogP) is 5.29. The topological polar surface area (TPSA) is 73.3 Å². The smallest absolute Gasteiger partial charge is 0.264 e. The third kappa shape index (κ3) is 5.40. The number of rotatable bonds is 7. The van der Waals surface area contributed by atoms with E-state index < -0.39 is 17.5 Å². The quantitative estimate of drug-likeness (QED) is 0.423. The average molecular weight is 439 g/mol. The van der Waals surface area contributed by atoms with Crippen LogP contribution in [-0.4, -0.2) is 22.5 Å². The van der Waals surface area contributed by atoms with Gasteiger partial charge in [-0.2, -0.15) is 0 Å². The molecule has 0 aliphatic carbocycles. The van der Waals surface area contributed by atoms with Crippen LogP contribution in [0, 0.1) is 11.6 Å². The summed E-state index contributed by atoms with van der Waals surface area (Å²) >= 11 is 1.17. The largest absolute Gasteiger partial charge is 0.484 e. The summed E-state index contributed by atoms with van der Waals surface area (Å²) < 4.78 is 37.5. The number of hydrogen-bond donors (Lipinski definition) is 1. The van der Waals surface area contributed by atoms with E-state index in [1.165, 1.54) is 17.4 Å². The molecular formula is C22H15F2N3O3S. The van der Waals surface area contributed by atoms with E-state index in [0.29, 0.717) is 33.8 Å². The summed E-state index contributed by atoms with van der Waals surface area (Å²) in [7, 11) is 0. The van der Waals surface area contributed by atoms with Crippen LogP contribution in [0.4, 0.5) is 13.9 Å². The average Bonchev–Trinajstić information content (AvgIpc) is 3.24. The Kier molecular flexibility index (Phi) is 6.13. The van der Waals surface area contributed by atoms with Crippen molar-refractivity contribution in [3.8, 4) is 28.6 Å². The minimum absolute atomic E-state index is 0.222. The molecule has 9 heteroatoms. The Morgan fingerprint density at radius 2 is 1.81 bits per heavy atom. The summed E-state index contributed by atoms with van der Waals surface area (Å²) in [5, 5.41) is 4.58. The lowest BCUT2D eigenvalue weighted by Gasteiger charge is -2.07. The number of halogens is 2. The van der Waals surface area contributed by atoms with Crippen LogP contribution in [0.15, 0.2) is 72.2 Å². The van der Waals surface area contributed by atoms with E-state index in [4.69, 9.17) is 9.47 Å². The maximum atomic E-state index is 13.4. The van der Waals surface area contributed by atoms with Gasteiger partial charge in [-0.15, -0.1) is 11.3 Å². The number of carbonyl (C=O) groups excluding carboxylic acids is 1. The number of amides is 1. The molecule has 2 aromatic heterocycles. The second kappa shape index (κ2) is 9.31. The van der Waals surface area contributed by atoms with Crippen molar-refractivity contribution >= 4 is 22.4 Å². The standard InChI is InChI=1S/C22H15F2N3O3S/c23-17-9-4-14(11-18(17)24)19-13-31-22(26-19)27-20(28)12-29-15-5-7-16(8-6-15)30-21-3-1-2-10-25-21/h1-11,13H,12H2,(H,26,27,28). The van der Waals surface area contributed by atoms with Crippen molar-refractivity contribution in [1.29, 1.82) is 0 Å². The molecule has 1 amide bonds. The van der Waals surface area contributed by atoms with E-state index in [9.17, 15) is 13.6 Å². The molecule has 0 radical (unpaired) electrons. The van der Waals surface area contributed by atoms with Crippen LogP contribution in [-0.2, 0) is 4.79 Å². The number of benzene rings is 2. The van der Waals surface area contributed by atoms with Gasteiger partial charge >= 0.3 is 0 Å². The predicted molar refractivity (Wildman–Crippen MR) is 112 cm³/mol. The van der Waals surface area contributed by atoms with Crippen molar-refractivity contribution in [2.24, 2.45) is 0 Å². The highest BCUT2D eigenvalue weighted by molar-refractivity contribution is 7.14. The Bertz CT molecular complexity index is 1180. The Balaban J connectivity index is 1.29. The Hall–Kier alpha value is -3.85. The molecule has 0 saturated carbocycles. The number of nitrogens with one attached hydrogen (secondary N) is 1. The second-order valence-corrected chi connectivity index (χ2v) is 7.10. The number of carbonyl (C=O) groups is 1. The van der Waals surface area contributed by atoms with Gasteiger partial charge in [0.15, 0.2) is 23.4 Å². The molecule has 0 atom stereocenters. The monoisotopic (exact) mass is 439 g/mol. The highest BCUT2D eigenvalue weighted by Gasteiger charge is 2.11. The van der Waals surface area contributed by atoms with Crippen LogP contribution < -0.4 is 14.8 Å². The first-order valence-electron chi connectivity index (χ1n) is 9.09. The number of thiazole rings is 1. The van der Waals surface area contributed by atoms with Crippen molar-refractivity contribution < 1.29 is 23.0 Å². The van der Waals surface area contributed by atoms with Crippen molar-refractivity contribution in [1.82, 2.24) is 9.97 Å². The number of hydrogen-bond acceptors (Lipinski definition) is 6. The first kappa shape index (κ1) is 20.4. The molecular weight excluding hydrogens is 424 g/mol. The molecule has 6 nitrogen and oxygen atoms in total. The van der Waals surface area contributed by atoms with Gasteiger partial charge in [0.05, 0.1) is 5.69 Å². The molecule has 0 aliphatic rings. The summed E-state index contributed by atoms with van der Waals surface area (Å²) in [4.78, 5) is 20.4. The van der Waals surface area contributed by atoms with Crippen LogP contribution in [0.5, 0.6) is 17.4 Å². The van der Waals surface area contributed by atoms with Crippen LogP contribution in [0.25, 0.3) is 11.3 Å². The summed E-state index contributed by atoms with van der Waals surface area (Å²) in [5.41, 5.74) is 0.850. The zero-order valence-corrected chi connectivity index (χ0v) is 16.7. The van der Waals surface area contributed by atoms with Crippen molar-refractivity contribution in [3.05, 3.63) is 83.9 Å².